The van der Waals surface area contributed by atoms with Crippen molar-refractivity contribution in [3.8, 4) is 16.9 Å². The number of ether oxygens (including phenoxy) is 1. The quantitative estimate of drug-likeness (QED) is 0.432. The summed E-state index contributed by atoms with van der Waals surface area (Å²) in [6, 6.07) is 27.6. The van der Waals surface area contributed by atoms with Gasteiger partial charge in [0, 0.05) is 43.6 Å². The molecule has 0 fully saturated rings. The number of carbonyl (C=O) groups is 1. The molecule has 0 atom stereocenters. The van der Waals surface area contributed by atoms with Crippen LogP contribution in [0.4, 0.5) is 0 Å². The number of aromatic nitrogens is 2. The van der Waals surface area contributed by atoms with Gasteiger partial charge in [-0.15, -0.1) is 0 Å². The van der Waals surface area contributed by atoms with Gasteiger partial charge in [-0.25, -0.2) is 4.68 Å². The predicted molar refractivity (Wildman–Crippen MR) is 122 cm³/mol. The minimum absolute atomic E-state index is 0.0376. The van der Waals surface area contributed by atoms with Crippen molar-refractivity contribution in [2.75, 3.05) is 14.2 Å². The van der Waals surface area contributed by atoms with Crippen LogP contribution in [0.3, 0.4) is 0 Å². The maximum absolute atomic E-state index is 13.1. The average Bonchev–Trinajstić information content (AvgIpc) is 3.24. The molecular formula is C26H25N3O2. The molecule has 4 rings (SSSR count). The number of methoxy groups -OCH3 is 1. The Bertz CT molecular complexity index is 1150. The molecule has 31 heavy (non-hydrogen) atoms. The third kappa shape index (κ3) is 4.73. The van der Waals surface area contributed by atoms with Crippen molar-refractivity contribution < 1.29 is 9.53 Å². The van der Waals surface area contributed by atoms with Crippen molar-refractivity contribution in [3.05, 3.63) is 108 Å². The lowest BCUT2D eigenvalue weighted by atomic mass is 10.1. The molecule has 1 aromatic heterocycles. The molecule has 0 aliphatic carbocycles. The van der Waals surface area contributed by atoms with Gasteiger partial charge in [-0.3, -0.25) is 4.79 Å². The summed E-state index contributed by atoms with van der Waals surface area (Å²) >= 11 is 0. The molecule has 0 spiro atoms. The van der Waals surface area contributed by atoms with Crippen molar-refractivity contribution in [2.45, 2.75) is 13.2 Å². The van der Waals surface area contributed by atoms with E-state index in [9.17, 15) is 4.79 Å². The summed E-state index contributed by atoms with van der Waals surface area (Å²) in [5, 5.41) is 4.84. The van der Waals surface area contributed by atoms with Gasteiger partial charge in [-0.1, -0.05) is 60.7 Å². The molecule has 0 saturated heterocycles. The Balaban J connectivity index is 1.64. The molecular weight excluding hydrogens is 386 g/mol. The first-order valence-corrected chi connectivity index (χ1v) is 10.2. The van der Waals surface area contributed by atoms with Crippen LogP contribution in [0.15, 0.2) is 91.1 Å². The van der Waals surface area contributed by atoms with Gasteiger partial charge < -0.3 is 9.64 Å². The van der Waals surface area contributed by atoms with Crippen LogP contribution in [0.1, 0.15) is 21.5 Å². The Labute approximate surface area is 182 Å². The highest BCUT2D eigenvalue weighted by Crippen LogP contribution is 2.25. The van der Waals surface area contributed by atoms with Crippen molar-refractivity contribution in [3.63, 3.8) is 0 Å². The fourth-order valence-corrected chi connectivity index (χ4v) is 3.59. The smallest absolute Gasteiger partial charge is 0.253 e. The summed E-state index contributed by atoms with van der Waals surface area (Å²) in [4.78, 5) is 14.8. The summed E-state index contributed by atoms with van der Waals surface area (Å²) in [7, 11) is 3.47. The van der Waals surface area contributed by atoms with E-state index in [4.69, 9.17) is 9.84 Å². The molecule has 5 heteroatoms. The molecule has 5 nitrogen and oxygen atoms in total. The first kappa shape index (κ1) is 20.6. The minimum Gasteiger partial charge on any atom is -0.380 e. The molecule has 0 unspecified atom stereocenters. The van der Waals surface area contributed by atoms with Gasteiger partial charge in [0.2, 0.25) is 0 Å². The van der Waals surface area contributed by atoms with E-state index in [1.807, 2.05) is 103 Å². The largest absolute Gasteiger partial charge is 0.380 e. The Morgan fingerprint density at radius 3 is 2.39 bits per heavy atom. The number of nitrogens with zero attached hydrogens (tertiary/aromatic N) is 3. The fraction of sp³-hybridized carbons (Fsp3) is 0.154. The summed E-state index contributed by atoms with van der Waals surface area (Å²) in [6.07, 6.45) is 2.00. The number of amides is 1. The van der Waals surface area contributed by atoms with Crippen LogP contribution < -0.4 is 0 Å². The lowest BCUT2D eigenvalue weighted by molar-refractivity contribution is 0.0785. The number of para-hydroxylation sites is 1. The highest BCUT2D eigenvalue weighted by Gasteiger charge is 2.18. The van der Waals surface area contributed by atoms with E-state index in [1.165, 1.54) is 0 Å². The standard InChI is InChI=1S/C26H25N3O2/c1-28(26(30)22-13-9-10-20(16-22)19-31-2)17-23-18-29(24-14-7-4-8-15-24)27-25(23)21-11-5-3-6-12-21/h3-16,18H,17,19H2,1-2H3. The summed E-state index contributed by atoms with van der Waals surface area (Å²) < 4.78 is 7.06. The summed E-state index contributed by atoms with van der Waals surface area (Å²) in [5.41, 5.74) is 5.48. The second-order valence-electron chi connectivity index (χ2n) is 7.44. The van der Waals surface area contributed by atoms with Gasteiger partial charge in [0.05, 0.1) is 18.0 Å². The summed E-state index contributed by atoms with van der Waals surface area (Å²) in [5.74, 6) is -0.0376. The molecule has 1 amide bonds. The zero-order valence-corrected chi connectivity index (χ0v) is 17.7. The molecule has 0 saturated carbocycles. The van der Waals surface area contributed by atoms with E-state index in [1.54, 1.807) is 12.0 Å². The number of carbonyl (C=O) groups excluding carboxylic acids is 1. The molecule has 1 heterocycles. The number of hydrogen-bond donors (Lipinski definition) is 0. The molecule has 0 N–H and O–H groups in total. The zero-order valence-electron chi connectivity index (χ0n) is 17.7. The van der Waals surface area contributed by atoms with Crippen molar-refractivity contribution in [2.24, 2.45) is 0 Å². The highest BCUT2D eigenvalue weighted by atomic mass is 16.5. The van der Waals surface area contributed by atoms with Crippen molar-refractivity contribution >= 4 is 5.91 Å². The van der Waals surface area contributed by atoms with E-state index in [-0.39, 0.29) is 5.91 Å². The Hall–Kier alpha value is -3.70. The molecule has 0 radical (unpaired) electrons. The summed E-state index contributed by atoms with van der Waals surface area (Å²) in [6.45, 7) is 0.928. The third-order valence-electron chi connectivity index (χ3n) is 5.10. The van der Waals surface area contributed by atoms with E-state index in [0.29, 0.717) is 18.7 Å². The van der Waals surface area contributed by atoms with E-state index >= 15 is 0 Å². The van der Waals surface area contributed by atoms with Crippen LogP contribution in [0.2, 0.25) is 0 Å². The number of rotatable bonds is 7. The maximum Gasteiger partial charge on any atom is 0.253 e. The monoisotopic (exact) mass is 411 g/mol. The van der Waals surface area contributed by atoms with E-state index in [2.05, 4.69) is 0 Å². The molecule has 4 aromatic rings. The van der Waals surface area contributed by atoms with E-state index in [0.717, 1.165) is 28.1 Å². The zero-order chi connectivity index (χ0) is 21.6. The Morgan fingerprint density at radius 1 is 0.968 bits per heavy atom. The Kier molecular flexibility index (Phi) is 6.24. The molecule has 3 aromatic carbocycles. The lowest BCUT2D eigenvalue weighted by Crippen LogP contribution is -2.26. The Morgan fingerprint density at radius 2 is 1.68 bits per heavy atom. The average molecular weight is 412 g/mol. The van der Waals surface area contributed by atoms with Gasteiger partial charge in [-0.05, 0) is 29.8 Å². The van der Waals surface area contributed by atoms with Crippen LogP contribution in [0.25, 0.3) is 16.9 Å². The van der Waals surface area contributed by atoms with Crippen LogP contribution in [0.5, 0.6) is 0 Å². The van der Waals surface area contributed by atoms with Crippen molar-refractivity contribution in [1.82, 2.24) is 14.7 Å². The van der Waals surface area contributed by atoms with Gasteiger partial charge >= 0.3 is 0 Å². The molecule has 0 aliphatic rings. The lowest BCUT2D eigenvalue weighted by Gasteiger charge is -2.17. The topological polar surface area (TPSA) is 47.4 Å². The van der Waals surface area contributed by atoms with Crippen LogP contribution >= 0.6 is 0 Å². The van der Waals surface area contributed by atoms with Gasteiger partial charge in [0.25, 0.3) is 5.91 Å². The van der Waals surface area contributed by atoms with Gasteiger partial charge in [-0.2, -0.15) is 5.10 Å². The fourth-order valence-electron chi connectivity index (χ4n) is 3.59. The first-order valence-electron chi connectivity index (χ1n) is 10.2. The molecule has 156 valence electrons. The van der Waals surface area contributed by atoms with Gasteiger partial charge in [0.1, 0.15) is 0 Å². The number of benzene rings is 3. The van der Waals surface area contributed by atoms with Crippen molar-refractivity contribution in [1.29, 1.82) is 0 Å². The second kappa shape index (κ2) is 9.41. The van der Waals surface area contributed by atoms with Crippen LogP contribution in [-0.2, 0) is 17.9 Å². The second-order valence-corrected chi connectivity index (χ2v) is 7.44. The molecule has 0 bridgehead atoms. The number of hydrogen-bond acceptors (Lipinski definition) is 3. The third-order valence-corrected chi connectivity index (χ3v) is 5.10. The molecule has 0 aliphatic heterocycles. The predicted octanol–water partition coefficient (Wildman–Crippen LogP) is 4.96. The van der Waals surface area contributed by atoms with Gasteiger partial charge in [0.15, 0.2) is 0 Å². The van der Waals surface area contributed by atoms with E-state index < -0.39 is 0 Å². The minimum atomic E-state index is -0.0376. The maximum atomic E-state index is 13.1. The van der Waals surface area contributed by atoms with Crippen LogP contribution in [-0.4, -0.2) is 34.7 Å². The SMILES string of the molecule is COCc1cccc(C(=O)N(C)Cc2cn(-c3ccccc3)nc2-c2ccccc2)c1. The highest BCUT2D eigenvalue weighted by molar-refractivity contribution is 5.94. The normalized spacial score (nSPS) is 10.8. The first-order chi connectivity index (χ1) is 15.2. The van der Waals surface area contributed by atoms with Crippen LogP contribution in [0, 0.1) is 0 Å².